The molecule has 2 aromatic carbocycles. The van der Waals surface area contributed by atoms with Crippen LogP contribution < -0.4 is 5.32 Å². The van der Waals surface area contributed by atoms with Crippen molar-refractivity contribution in [2.75, 3.05) is 0 Å². The maximum absolute atomic E-state index is 12.6. The van der Waals surface area contributed by atoms with Crippen LogP contribution in [0.1, 0.15) is 29.3 Å². The molecular formula is C20H20N4O3. The highest BCUT2D eigenvalue weighted by Gasteiger charge is 2.17. The molecular weight excluding hydrogens is 344 g/mol. The minimum absolute atomic E-state index is 0.00111. The number of aromatic nitrogens is 2. The van der Waals surface area contributed by atoms with Gasteiger partial charge in [-0.1, -0.05) is 30.3 Å². The molecule has 7 heteroatoms. The Morgan fingerprint density at radius 2 is 1.89 bits per heavy atom. The molecule has 0 unspecified atom stereocenters. The number of nitro benzene ring substituents is 1. The minimum atomic E-state index is -0.460. The van der Waals surface area contributed by atoms with E-state index in [9.17, 15) is 14.9 Å². The fourth-order valence-corrected chi connectivity index (χ4v) is 2.83. The maximum atomic E-state index is 12.6. The van der Waals surface area contributed by atoms with Crippen molar-refractivity contribution >= 4 is 11.6 Å². The first-order valence-electron chi connectivity index (χ1n) is 8.67. The van der Waals surface area contributed by atoms with Gasteiger partial charge in [0, 0.05) is 23.7 Å². The van der Waals surface area contributed by atoms with Crippen molar-refractivity contribution in [3.8, 4) is 11.3 Å². The lowest BCUT2D eigenvalue weighted by Gasteiger charge is -2.14. The van der Waals surface area contributed by atoms with E-state index in [1.54, 1.807) is 12.1 Å². The van der Waals surface area contributed by atoms with E-state index in [0.29, 0.717) is 16.8 Å². The number of nitrogens with zero attached hydrogens (tertiary/aromatic N) is 2. The third-order valence-electron chi connectivity index (χ3n) is 4.34. The molecule has 0 aliphatic heterocycles. The lowest BCUT2D eigenvalue weighted by Crippen LogP contribution is -2.33. The molecule has 3 rings (SSSR count). The number of carbonyl (C=O) groups is 1. The summed E-state index contributed by atoms with van der Waals surface area (Å²) in [5, 5.41) is 20.5. The summed E-state index contributed by atoms with van der Waals surface area (Å²) >= 11 is 0. The van der Waals surface area contributed by atoms with E-state index in [1.165, 1.54) is 23.9 Å². The van der Waals surface area contributed by atoms with Crippen molar-refractivity contribution in [3.63, 3.8) is 0 Å². The third-order valence-corrected chi connectivity index (χ3v) is 4.34. The van der Waals surface area contributed by atoms with Crippen molar-refractivity contribution in [1.82, 2.24) is 15.5 Å². The highest BCUT2D eigenvalue weighted by Crippen LogP contribution is 2.23. The molecule has 1 aromatic heterocycles. The highest BCUT2D eigenvalue weighted by atomic mass is 16.6. The largest absolute Gasteiger partial charge is 0.349 e. The zero-order valence-electron chi connectivity index (χ0n) is 14.9. The first kappa shape index (κ1) is 18.3. The van der Waals surface area contributed by atoms with Crippen LogP contribution in [0.4, 0.5) is 5.69 Å². The summed E-state index contributed by atoms with van der Waals surface area (Å²) < 4.78 is 0. The van der Waals surface area contributed by atoms with Gasteiger partial charge in [-0.05, 0) is 37.5 Å². The summed E-state index contributed by atoms with van der Waals surface area (Å²) in [6.07, 6.45) is 3.17. The molecule has 138 valence electrons. The molecule has 0 spiro atoms. The molecule has 7 nitrogen and oxygen atoms in total. The van der Waals surface area contributed by atoms with Crippen molar-refractivity contribution in [2.24, 2.45) is 0 Å². The van der Waals surface area contributed by atoms with Gasteiger partial charge in [-0.15, -0.1) is 0 Å². The van der Waals surface area contributed by atoms with Gasteiger partial charge < -0.3 is 5.32 Å². The number of hydrogen-bond acceptors (Lipinski definition) is 4. The topological polar surface area (TPSA) is 101 Å². The lowest BCUT2D eigenvalue weighted by molar-refractivity contribution is -0.384. The van der Waals surface area contributed by atoms with Crippen LogP contribution in [-0.2, 0) is 6.42 Å². The van der Waals surface area contributed by atoms with E-state index < -0.39 is 4.92 Å². The molecule has 0 bridgehead atoms. The zero-order chi connectivity index (χ0) is 19.2. The number of aryl methyl sites for hydroxylation is 1. The lowest BCUT2D eigenvalue weighted by atomic mass is 10.0. The first-order valence-corrected chi connectivity index (χ1v) is 8.67. The van der Waals surface area contributed by atoms with Gasteiger partial charge in [0.2, 0.25) is 0 Å². The van der Waals surface area contributed by atoms with Crippen molar-refractivity contribution < 1.29 is 9.72 Å². The van der Waals surface area contributed by atoms with E-state index >= 15 is 0 Å². The van der Waals surface area contributed by atoms with Crippen LogP contribution in [0.25, 0.3) is 11.3 Å². The molecule has 1 atom stereocenters. The van der Waals surface area contributed by atoms with Gasteiger partial charge in [-0.3, -0.25) is 20.0 Å². The minimum Gasteiger partial charge on any atom is -0.349 e. The smallest absolute Gasteiger partial charge is 0.269 e. The van der Waals surface area contributed by atoms with Gasteiger partial charge >= 0.3 is 0 Å². The molecule has 1 amide bonds. The van der Waals surface area contributed by atoms with Crippen LogP contribution in [0.2, 0.25) is 0 Å². The monoisotopic (exact) mass is 364 g/mol. The number of carbonyl (C=O) groups excluding carboxylic acids is 1. The number of benzene rings is 2. The fraction of sp³-hybridized carbons (Fsp3) is 0.200. The zero-order valence-corrected chi connectivity index (χ0v) is 14.9. The highest BCUT2D eigenvalue weighted by molar-refractivity contribution is 5.99. The van der Waals surface area contributed by atoms with Gasteiger partial charge in [0.1, 0.15) is 0 Å². The molecule has 1 heterocycles. The average molecular weight is 364 g/mol. The van der Waals surface area contributed by atoms with Crippen LogP contribution in [-0.4, -0.2) is 27.1 Å². The van der Waals surface area contributed by atoms with Gasteiger partial charge in [-0.25, -0.2) is 0 Å². The quantitative estimate of drug-likeness (QED) is 0.492. The Morgan fingerprint density at radius 3 is 2.56 bits per heavy atom. The van der Waals surface area contributed by atoms with Gasteiger partial charge in [-0.2, -0.15) is 5.10 Å². The number of rotatable bonds is 7. The molecule has 0 saturated carbocycles. The Morgan fingerprint density at radius 1 is 1.19 bits per heavy atom. The average Bonchev–Trinajstić information content (AvgIpc) is 3.17. The van der Waals surface area contributed by atoms with Gasteiger partial charge in [0.05, 0.1) is 22.4 Å². The van der Waals surface area contributed by atoms with Crippen molar-refractivity contribution in [1.29, 1.82) is 0 Å². The molecule has 0 aliphatic carbocycles. The van der Waals surface area contributed by atoms with Crippen LogP contribution in [0.3, 0.4) is 0 Å². The summed E-state index contributed by atoms with van der Waals surface area (Å²) in [6.45, 7) is 1.96. The molecule has 0 fully saturated rings. The normalized spacial score (nSPS) is 11.7. The summed E-state index contributed by atoms with van der Waals surface area (Å²) in [5.41, 5.74) is 2.85. The number of nitrogens with one attached hydrogen (secondary N) is 2. The molecule has 27 heavy (non-hydrogen) atoms. The first-order chi connectivity index (χ1) is 13.0. The Labute approximate surface area is 156 Å². The van der Waals surface area contributed by atoms with E-state index in [4.69, 9.17) is 0 Å². The Balaban J connectivity index is 1.65. The predicted octanol–water partition coefficient (Wildman–Crippen LogP) is 3.74. The number of amides is 1. The van der Waals surface area contributed by atoms with Gasteiger partial charge in [0.15, 0.2) is 0 Å². The molecule has 3 aromatic rings. The van der Waals surface area contributed by atoms with E-state index in [0.717, 1.165) is 12.8 Å². The standard InChI is InChI=1S/C20H20N4O3/c1-14(7-8-15-5-3-2-4-6-15)22-20(25)18-13-21-23-19(18)16-9-11-17(12-10-16)24(26)27/h2-6,9-14H,7-8H2,1H3,(H,21,23)(H,22,25)/t14-/m0/s1. The number of H-pyrrole nitrogens is 1. The molecule has 2 N–H and O–H groups in total. The molecule has 0 aliphatic rings. The van der Waals surface area contributed by atoms with E-state index in [-0.39, 0.29) is 17.6 Å². The van der Waals surface area contributed by atoms with E-state index in [2.05, 4.69) is 27.6 Å². The summed E-state index contributed by atoms with van der Waals surface area (Å²) in [7, 11) is 0. The number of hydrogen-bond donors (Lipinski definition) is 2. The van der Waals surface area contributed by atoms with Crippen molar-refractivity contribution in [3.05, 3.63) is 82.0 Å². The predicted molar refractivity (Wildman–Crippen MR) is 102 cm³/mol. The molecule has 0 saturated heterocycles. The van der Waals surface area contributed by atoms with Gasteiger partial charge in [0.25, 0.3) is 11.6 Å². The second-order valence-electron chi connectivity index (χ2n) is 6.36. The molecule has 0 radical (unpaired) electrons. The van der Waals surface area contributed by atoms with E-state index in [1.807, 2.05) is 25.1 Å². The Kier molecular flexibility index (Phi) is 5.61. The van der Waals surface area contributed by atoms with Crippen LogP contribution in [0.15, 0.2) is 60.8 Å². The summed E-state index contributed by atoms with van der Waals surface area (Å²) in [5.74, 6) is -0.224. The Bertz CT molecular complexity index is 920. The Hall–Kier alpha value is -3.48. The number of nitro groups is 1. The van der Waals surface area contributed by atoms with Crippen LogP contribution in [0.5, 0.6) is 0 Å². The van der Waals surface area contributed by atoms with Crippen LogP contribution >= 0.6 is 0 Å². The number of aromatic amines is 1. The fourth-order valence-electron chi connectivity index (χ4n) is 2.83. The second kappa shape index (κ2) is 8.27. The summed E-state index contributed by atoms with van der Waals surface area (Å²) in [6, 6.07) is 16.1. The second-order valence-corrected chi connectivity index (χ2v) is 6.36. The SMILES string of the molecule is C[C@@H](CCc1ccccc1)NC(=O)c1cn[nH]c1-c1ccc([N+](=O)[O-])cc1. The van der Waals surface area contributed by atoms with Crippen LogP contribution in [0, 0.1) is 10.1 Å². The summed E-state index contributed by atoms with van der Waals surface area (Å²) in [4.78, 5) is 22.9. The van der Waals surface area contributed by atoms with Crippen molar-refractivity contribution in [2.45, 2.75) is 25.8 Å². The third kappa shape index (κ3) is 4.58. The number of non-ortho nitro benzene ring substituents is 1. The maximum Gasteiger partial charge on any atom is 0.269 e.